The number of carbonyl (C=O) groups is 2. The van der Waals surface area contributed by atoms with Gasteiger partial charge in [0.2, 0.25) is 11.8 Å². The van der Waals surface area contributed by atoms with E-state index in [4.69, 9.17) is 44.3 Å². The van der Waals surface area contributed by atoms with Crippen LogP contribution in [0.3, 0.4) is 0 Å². The number of nitrogens with one attached hydrogen (secondary N) is 1. The summed E-state index contributed by atoms with van der Waals surface area (Å²) in [4.78, 5) is 29.0. The van der Waals surface area contributed by atoms with Crippen LogP contribution in [0.4, 0.5) is 5.69 Å². The van der Waals surface area contributed by atoms with Crippen LogP contribution in [0.1, 0.15) is 11.1 Å². The third-order valence-electron chi connectivity index (χ3n) is 7.21. The number of hydrogen-bond donors (Lipinski definition) is 1. The molecular weight excluding hydrogens is 673 g/mol. The van der Waals surface area contributed by atoms with Crippen molar-refractivity contribution in [2.24, 2.45) is 0 Å². The minimum absolute atomic E-state index is 0.107. The number of rotatable bonds is 13. The molecule has 4 rings (SSSR count). The Hall–Kier alpha value is -3.96. The van der Waals surface area contributed by atoms with Gasteiger partial charge in [-0.05, 0) is 59.7 Å². The Labute approximate surface area is 283 Å². The van der Waals surface area contributed by atoms with Gasteiger partial charge in [0.05, 0.1) is 24.8 Å². The lowest BCUT2D eigenvalue weighted by atomic mass is 10.0. The molecule has 242 valence electrons. The fraction of sp³-hybridized carbons (Fsp3) is 0.212. The molecule has 9 nitrogen and oxygen atoms in total. The fourth-order valence-electron chi connectivity index (χ4n) is 4.79. The molecule has 0 saturated heterocycles. The maximum absolute atomic E-state index is 14.4. The van der Waals surface area contributed by atoms with E-state index in [0.717, 1.165) is 9.87 Å². The molecule has 4 aromatic carbocycles. The largest absolute Gasteiger partial charge is 0.493 e. The van der Waals surface area contributed by atoms with Gasteiger partial charge in [0.25, 0.3) is 10.0 Å². The lowest BCUT2D eigenvalue weighted by Crippen LogP contribution is -2.53. The number of likely N-dealkylation sites (N-methyl/N-ethyl adjacent to an activating group) is 1. The lowest BCUT2D eigenvalue weighted by molar-refractivity contribution is -0.139. The van der Waals surface area contributed by atoms with E-state index >= 15 is 0 Å². The number of nitrogens with zero attached hydrogens (tertiary/aromatic N) is 2. The van der Waals surface area contributed by atoms with Gasteiger partial charge in [-0.15, -0.1) is 0 Å². The Kier molecular flexibility index (Phi) is 11.8. The van der Waals surface area contributed by atoms with Crippen LogP contribution in [-0.2, 0) is 32.6 Å². The highest BCUT2D eigenvalue weighted by Gasteiger charge is 2.35. The average Bonchev–Trinajstić information content (AvgIpc) is 3.06. The van der Waals surface area contributed by atoms with Crippen LogP contribution in [0, 0.1) is 0 Å². The van der Waals surface area contributed by atoms with Gasteiger partial charge in [-0.3, -0.25) is 13.9 Å². The van der Waals surface area contributed by atoms with Crippen molar-refractivity contribution in [3.63, 3.8) is 0 Å². The Morgan fingerprint density at radius 1 is 0.826 bits per heavy atom. The second-order valence-corrected chi connectivity index (χ2v) is 13.2. The maximum atomic E-state index is 14.4. The molecule has 13 heteroatoms. The van der Waals surface area contributed by atoms with Gasteiger partial charge in [-0.2, -0.15) is 0 Å². The molecule has 1 atom stereocenters. The molecule has 0 fully saturated rings. The summed E-state index contributed by atoms with van der Waals surface area (Å²) in [6.07, 6.45) is 0.154. The van der Waals surface area contributed by atoms with E-state index in [0.29, 0.717) is 21.4 Å². The van der Waals surface area contributed by atoms with E-state index in [2.05, 4.69) is 5.32 Å². The Bertz CT molecular complexity index is 1790. The third-order valence-corrected chi connectivity index (χ3v) is 9.82. The van der Waals surface area contributed by atoms with Crippen molar-refractivity contribution in [3.05, 3.63) is 117 Å². The molecule has 0 saturated carbocycles. The molecule has 0 spiro atoms. The molecular formula is C33H32Cl3N3O6S. The van der Waals surface area contributed by atoms with E-state index in [1.807, 2.05) is 30.3 Å². The van der Waals surface area contributed by atoms with Crippen molar-refractivity contribution in [1.29, 1.82) is 0 Å². The Balaban J connectivity index is 1.82. The van der Waals surface area contributed by atoms with Gasteiger partial charge >= 0.3 is 0 Å². The first-order valence-electron chi connectivity index (χ1n) is 14.0. The maximum Gasteiger partial charge on any atom is 0.264 e. The lowest BCUT2D eigenvalue weighted by Gasteiger charge is -2.33. The zero-order valence-electron chi connectivity index (χ0n) is 25.2. The SMILES string of the molecule is CNC(=O)[C@@H](Cc1ccccc1)N(Cc1ccc(Cl)cc1Cl)C(=O)CN(c1ccc(Cl)cc1)S(=O)(=O)c1ccc(OC)c(OC)c1. The van der Waals surface area contributed by atoms with Crippen LogP contribution in [0.25, 0.3) is 0 Å². The highest BCUT2D eigenvalue weighted by atomic mass is 35.5. The first kappa shape index (κ1) is 34.9. The zero-order valence-corrected chi connectivity index (χ0v) is 28.3. The quantitative estimate of drug-likeness (QED) is 0.177. The second-order valence-electron chi connectivity index (χ2n) is 10.1. The van der Waals surface area contributed by atoms with Crippen LogP contribution in [0.5, 0.6) is 11.5 Å². The van der Waals surface area contributed by atoms with Gasteiger partial charge in [0.1, 0.15) is 12.6 Å². The molecule has 0 unspecified atom stereocenters. The van der Waals surface area contributed by atoms with E-state index in [1.165, 1.54) is 74.7 Å². The van der Waals surface area contributed by atoms with Crippen molar-refractivity contribution in [2.45, 2.75) is 23.9 Å². The van der Waals surface area contributed by atoms with Gasteiger partial charge < -0.3 is 19.7 Å². The smallest absolute Gasteiger partial charge is 0.264 e. The van der Waals surface area contributed by atoms with Gasteiger partial charge in [-0.1, -0.05) is 71.2 Å². The number of hydrogen-bond acceptors (Lipinski definition) is 6. The second kappa shape index (κ2) is 15.6. The molecule has 0 aliphatic heterocycles. The van der Waals surface area contributed by atoms with E-state index in [-0.39, 0.29) is 34.3 Å². The first-order chi connectivity index (χ1) is 22.0. The number of sulfonamides is 1. The van der Waals surface area contributed by atoms with Crippen molar-refractivity contribution < 1.29 is 27.5 Å². The van der Waals surface area contributed by atoms with Gasteiger partial charge in [0.15, 0.2) is 11.5 Å². The molecule has 1 N–H and O–H groups in total. The standard InChI is InChI=1S/C33H32Cl3N3O6S/c1-37-33(41)29(17-22-7-5-4-6-8-22)38(20-23-9-10-25(35)18-28(23)36)32(40)21-39(26-13-11-24(34)12-14-26)46(42,43)27-15-16-30(44-2)31(19-27)45-3/h4-16,18-19,29H,17,20-21H2,1-3H3,(H,37,41)/t29-/m1/s1. The van der Waals surface area contributed by atoms with Crippen LogP contribution in [0.15, 0.2) is 95.9 Å². The molecule has 0 aromatic heterocycles. The van der Waals surface area contributed by atoms with Crippen LogP contribution in [0.2, 0.25) is 15.1 Å². The summed E-state index contributed by atoms with van der Waals surface area (Å²) in [5.41, 5.74) is 1.49. The monoisotopic (exact) mass is 703 g/mol. The summed E-state index contributed by atoms with van der Waals surface area (Å²) in [6.45, 7) is -0.767. The molecule has 0 heterocycles. The summed E-state index contributed by atoms with van der Waals surface area (Å²) >= 11 is 18.8. The highest BCUT2D eigenvalue weighted by Crippen LogP contribution is 2.33. The molecule has 4 aromatic rings. The Morgan fingerprint density at radius 3 is 2.09 bits per heavy atom. The number of ether oxygens (including phenoxy) is 2. The topological polar surface area (TPSA) is 105 Å². The average molecular weight is 705 g/mol. The van der Waals surface area contributed by atoms with E-state index < -0.39 is 34.4 Å². The van der Waals surface area contributed by atoms with Crippen molar-refractivity contribution in [2.75, 3.05) is 32.1 Å². The van der Waals surface area contributed by atoms with Gasteiger partial charge in [-0.25, -0.2) is 8.42 Å². The summed E-state index contributed by atoms with van der Waals surface area (Å²) in [5.74, 6) is -0.582. The summed E-state index contributed by atoms with van der Waals surface area (Å²) < 4.78 is 40.1. The number of anilines is 1. The zero-order chi connectivity index (χ0) is 33.4. The summed E-state index contributed by atoms with van der Waals surface area (Å²) in [6, 6.07) is 23.1. The molecule has 2 amide bonds. The first-order valence-corrected chi connectivity index (χ1v) is 16.5. The number of methoxy groups -OCH3 is 2. The predicted molar refractivity (Wildman–Crippen MR) is 181 cm³/mol. The fourth-order valence-corrected chi connectivity index (χ4v) is 6.82. The van der Waals surface area contributed by atoms with Crippen LogP contribution in [-0.4, -0.2) is 59.0 Å². The summed E-state index contributed by atoms with van der Waals surface area (Å²) in [7, 11) is -0.0909. The van der Waals surface area contributed by atoms with Crippen molar-refractivity contribution in [1.82, 2.24) is 10.2 Å². The van der Waals surface area contributed by atoms with E-state index in [1.54, 1.807) is 12.1 Å². The normalized spacial score (nSPS) is 11.8. The minimum Gasteiger partial charge on any atom is -0.493 e. The predicted octanol–water partition coefficient (Wildman–Crippen LogP) is 6.25. The van der Waals surface area contributed by atoms with E-state index in [9.17, 15) is 18.0 Å². The number of carbonyl (C=O) groups excluding carboxylic acids is 2. The number of amides is 2. The molecule has 46 heavy (non-hydrogen) atoms. The number of halogens is 3. The third kappa shape index (κ3) is 8.24. The minimum atomic E-state index is -4.39. The molecule has 0 aliphatic carbocycles. The van der Waals surface area contributed by atoms with Gasteiger partial charge in [0, 0.05) is 41.1 Å². The summed E-state index contributed by atoms with van der Waals surface area (Å²) in [5, 5.41) is 3.70. The molecule has 0 radical (unpaired) electrons. The van der Waals surface area contributed by atoms with Crippen molar-refractivity contribution >= 4 is 62.3 Å². The van der Waals surface area contributed by atoms with Crippen molar-refractivity contribution in [3.8, 4) is 11.5 Å². The highest BCUT2D eigenvalue weighted by molar-refractivity contribution is 7.92. The molecule has 0 bridgehead atoms. The molecule has 0 aliphatic rings. The number of benzene rings is 4. The van der Waals surface area contributed by atoms with Crippen LogP contribution < -0.4 is 19.1 Å². The Morgan fingerprint density at radius 2 is 1.48 bits per heavy atom. The van der Waals surface area contributed by atoms with Crippen LogP contribution >= 0.6 is 34.8 Å².